The first-order valence-corrected chi connectivity index (χ1v) is 7.74. The van der Waals surface area contributed by atoms with Crippen LogP contribution in [-0.2, 0) is 4.74 Å². The predicted octanol–water partition coefficient (Wildman–Crippen LogP) is 4.99. The molecule has 0 N–H and O–H groups in total. The summed E-state index contributed by atoms with van der Waals surface area (Å²) in [5, 5.41) is 0. The fourth-order valence-corrected chi connectivity index (χ4v) is 3.34. The summed E-state index contributed by atoms with van der Waals surface area (Å²) in [7, 11) is 0. The van der Waals surface area contributed by atoms with Gasteiger partial charge < -0.3 is 4.74 Å². The topological polar surface area (TPSA) is 9.23 Å². The Kier molecular flexibility index (Phi) is 5.49. The highest BCUT2D eigenvalue weighted by Gasteiger charge is 2.44. The van der Waals surface area contributed by atoms with Crippen molar-refractivity contribution >= 4 is 0 Å². The highest BCUT2D eigenvalue weighted by molar-refractivity contribution is 4.88. The van der Waals surface area contributed by atoms with Crippen LogP contribution < -0.4 is 0 Å². The molecule has 0 radical (unpaired) electrons. The first-order valence-electron chi connectivity index (χ1n) is 7.74. The van der Waals surface area contributed by atoms with Crippen molar-refractivity contribution in [1.29, 1.82) is 0 Å². The maximum atomic E-state index is 13.9. The van der Waals surface area contributed by atoms with Gasteiger partial charge in [0, 0.05) is 19.3 Å². The summed E-state index contributed by atoms with van der Waals surface area (Å²) in [5.74, 6) is 0.450. The highest BCUT2D eigenvalue weighted by Crippen LogP contribution is 2.39. The summed E-state index contributed by atoms with van der Waals surface area (Å²) in [6, 6.07) is 0. The number of halogens is 5. The lowest BCUT2D eigenvalue weighted by molar-refractivity contribution is -0.282. The molecule has 0 aromatic rings. The molecule has 0 aromatic heterocycles. The molecule has 2 saturated carbocycles. The Hall–Kier alpha value is -0.390. The third-order valence-corrected chi connectivity index (χ3v) is 4.67. The Bertz CT molecular complexity index is 318. The van der Waals surface area contributed by atoms with Gasteiger partial charge >= 0.3 is 6.11 Å². The van der Waals surface area contributed by atoms with Crippen molar-refractivity contribution in [3.63, 3.8) is 0 Å². The summed E-state index contributed by atoms with van der Waals surface area (Å²) < 4.78 is 71.8. The second-order valence-electron chi connectivity index (χ2n) is 6.66. The van der Waals surface area contributed by atoms with E-state index >= 15 is 0 Å². The fourth-order valence-electron chi connectivity index (χ4n) is 3.34. The lowest BCUT2D eigenvalue weighted by atomic mass is 9.81. The van der Waals surface area contributed by atoms with Gasteiger partial charge in [0.05, 0.1) is 6.10 Å². The normalized spacial score (nSPS) is 42.0. The molecule has 0 spiro atoms. The maximum absolute atomic E-state index is 13.9. The van der Waals surface area contributed by atoms with E-state index in [9.17, 15) is 22.0 Å². The monoisotopic (exact) mass is 314 g/mol. The maximum Gasteiger partial charge on any atom is 0.356 e. The van der Waals surface area contributed by atoms with Crippen molar-refractivity contribution in [3.8, 4) is 0 Å². The van der Waals surface area contributed by atoms with Gasteiger partial charge in [0.15, 0.2) is 6.17 Å². The average molecular weight is 314 g/mol. The van der Waals surface area contributed by atoms with Crippen molar-refractivity contribution in [1.82, 2.24) is 0 Å². The van der Waals surface area contributed by atoms with Gasteiger partial charge in [0.2, 0.25) is 0 Å². The molecule has 2 aliphatic rings. The lowest BCUT2D eigenvalue weighted by Gasteiger charge is -2.34. The van der Waals surface area contributed by atoms with Gasteiger partial charge in [-0.15, -0.1) is 0 Å². The molecule has 0 bridgehead atoms. The van der Waals surface area contributed by atoms with Crippen LogP contribution in [0.25, 0.3) is 0 Å². The molecular weight excluding hydrogens is 291 g/mol. The molecule has 0 heterocycles. The van der Waals surface area contributed by atoms with E-state index in [4.69, 9.17) is 0 Å². The minimum atomic E-state index is -3.39. The second-order valence-corrected chi connectivity index (χ2v) is 6.66. The van der Waals surface area contributed by atoms with E-state index < -0.39 is 50.0 Å². The van der Waals surface area contributed by atoms with Gasteiger partial charge in [0.1, 0.15) is 12.3 Å². The largest absolute Gasteiger partial charge is 0.356 e. The van der Waals surface area contributed by atoms with Crippen molar-refractivity contribution in [2.45, 2.75) is 82.6 Å². The molecule has 2 fully saturated rings. The van der Waals surface area contributed by atoms with E-state index in [-0.39, 0.29) is 5.92 Å². The van der Waals surface area contributed by atoms with Crippen LogP contribution in [0.5, 0.6) is 0 Å². The van der Waals surface area contributed by atoms with Gasteiger partial charge in [-0.25, -0.2) is 13.2 Å². The molecule has 6 heteroatoms. The molecule has 0 aromatic carbocycles. The summed E-state index contributed by atoms with van der Waals surface area (Å²) >= 11 is 0. The quantitative estimate of drug-likeness (QED) is 0.664. The Morgan fingerprint density at radius 2 is 1.48 bits per heavy atom. The minimum Gasteiger partial charge on any atom is -0.317 e. The molecule has 2 atom stereocenters. The van der Waals surface area contributed by atoms with Crippen molar-refractivity contribution in [2.75, 3.05) is 0 Å². The number of ether oxygens (including phenoxy) is 1. The molecule has 2 aliphatic carbocycles. The van der Waals surface area contributed by atoms with Crippen LogP contribution in [-0.4, -0.2) is 30.7 Å². The van der Waals surface area contributed by atoms with Gasteiger partial charge in [0.25, 0.3) is 0 Å². The highest BCUT2D eigenvalue weighted by atomic mass is 19.3. The zero-order chi connectivity index (χ0) is 15.6. The molecule has 0 saturated heterocycles. The minimum absolute atomic E-state index is 0.115. The summed E-state index contributed by atoms with van der Waals surface area (Å²) in [6.07, 6.45) is -9.10. The van der Waals surface area contributed by atoms with Gasteiger partial charge in [-0.2, -0.15) is 8.78 Å². The van der Waals surface area contributed by atoms with E-state index in [1.54, 1.807) is 0 Å². The van der Waals surface area contributed by atoms with Crippen molar-refractivity contribution < 1.29 is 26.7 Å². The first-order chi connectivity index (χ1) is 9.77. The van der Waals surface area contributed by atoms with Crippen LogP contribution in [0.2, 0.25) is 0 Å². The smallest absolute Gasteiger partial charge is 0.317 e. The van der Waals surface area contributed by atoms with E-state index in [0.29, 0.717) is 5.92 Å². The standard InChI is InChI=1S/C15H23F5O/c1-9-2-4-10(5-3-9)8-15(19,20)21-11-6-12(16)14(18)13(17)7-11/h9-14H,2-8H2,1H3. The third kappa shape index (κ3) is 4.80. The van der Waals surface area contributed by atoms with Crippen LogP contribution in [0.15, 0.2) is 0 Å². The molecule has 124 valence electrons. The fraction of sp³-hybridized carbons (Fsp3) is 1.00. The third-order valence-electron chi connectivity index (χ3n) is 4.67. The van der Waals surface area contributed by atoms with Crippen molar-refractivity contribution in [2.24, 2.45) is 11.8 Å². The molecule has 0 amide bonds. The Morgan fingerprint density at radius 3 is 2.00 bits per heavy atom. The average Bonchev–Trinajstić information content (AvgIpc) is 2.38. The van der Waals surface area contributed by atoms with Gasteiger partial charge in [-0.05, 0) is 24.7 Å². The van der Waals surface area contributed by atoms with Crippen LogP contribution in [0, 0.1) is 11.8 Å². The van der Waals surface area contributed by atoms with E-state index in [2.05, 4.69) is 11.7 Å². The SMILES string of the molecule is CC1CCC(CC(F)(F)OC2CC(F)C(F)C(F)C2)CC1. The van der Waals surface area contributed by atoms with E-state index in [1.165, 1.54) is 0 Å². The van der Waals surface area contributed by atoms with Crippen LogP contribution >= 0.6 is 0 Å². The van der Waals surface area contributed by atoms with Crippen LogP contribution in [0.1, 0.15) is 51.9 Å². The molecule has 21 heavy (non-hydrogen) atoms. The van der Waals surface area contributed by atoms with Gasteiger partial charge in [-0.3, -0.25) is 0 Å². The first kappa shape index (κ1) is 17.0. The Labute approximate surface area is 122 Å². The Balaban J connectivity index is 1.83. The number of hydrogen-bond donors (Lipinski definition) is 0. The lowest BCUT2D eigenvalue weighted by Crippen LogP contribution is -2.43. The Morgan fingerprint density at radius 1 is 0.952 bits per heavy atom. The van der Waals surface area contributed by atoms with E-state index in [1.807, 2.05) is 0 Å². The summed E-state index contributed by atoms with van der Waals surface area (Å²) in [4.78, 5) is 0. The zero-order valence-corrected chi connectivity index (χ0v) is 12.2. The number of hydrogen-bond acceptors (Lipinski definition) is 1. The van der Waals surface area contributed by atoms with Crippen molar-refractivity contribution in [3.05, 3.63) is 0 Å². The molecule has 1 nitrogen and oxygen atoms in total. The van der Waals surface area contributed by atoms with Crippen LogP contribution in [0.4, 0.5) is 22.0 Å². The molecular formula is C15H23F5O. The van der Waals surface area contributed by atoms with Crippen LogP contribution in [0.3, 0.4) is 0 Å². The summed E-state index contributed by atoms with van der Waals surface area (Å²) in [6.45, 7) is 2.10. The summed E-state index contributed by atoms with van der Waals surface area (Å²) in [5.41, 5.74) is 0. The second kappa shape index (κ2) is 6.80. The molecule has 2 rings (SSSR count). The molecule has 2 unspecified atom stereocenters. The van der Waals surface area contributed by atoms with E-state index in [0.717, 1.165) is 25.7 Å². The zero-order valence-electron chi connectivity index (χ0n) is 12.2. The molecule has 0 aliphatic heterocycles. The predicted molar refractivity (Wildman–Crippen MR) is 69.5 cm³/mol. The number of alkyl halides is 5. The number of rotatable bonds is 4. The van der Waals surface area contributed by atoms with Gasteiger partial charge in [-0.1, -0.05) is 19.8 Å².